The molecule has 20 heavy (non-hydrogen) atoms. The predicted octanol–water partition coefficient (Wildman–Crippen LogP) is 1.64. The van der Waals surface area contributed by atoms with Crippen LogP contribution in [0.1, 0.15) is 25.3 Å². The normalized spacial score (nSPS) is 13.7. The topological polar surface area (TPSA) is 58.6 Å². The second-order valence-electron chi connectivity index (χ2n) is 5.00. The third-order valence-corrected chi connectivity index (χ3v) is 3.19. The molecule has 1 amide bonds. The van der Waals surface area contributed by atoms with Crippen LogP contribution in [0.15, 0.2) is 18.2 Å². The van der Waals surface area contributed by atoms with E-state index < -0.39 is 0 Å². The lowest BCUT2D eigenvalue weighted by Crippen LogP contribution is -2.43. The Morgan fingerprint density at radius 2 is 2.25 bits per heavy atom. The fraction of sp³-hybridized carbons (Fsp3) is 0.467. The van der Waals surface area contributed by atoms with E-state index in [0.717, 1.165) is 24.1 Å². The highest BCUT2D eigenvalue weighted by atomic mass is 16.5. The first kappa shape index (κ1) is 14.4. The van der Waals surface area contributed by atoms with Crippen molar-refractivity contribution in [3.05, 3.63) is 23.8 Å². The van der Waals surface area contributed by atoms with Crippen molar-refractivity contribution < 1.29 is 14.3 Å². The fourth-order valence-corrected chi connectivity index (χ4v) is 2.14. The Hall–Kier alpha value is -2.04. The summed E-state index contributed by atoms with van der Waals surface area (Å²) in [5.74, 6) is 0.131. The van der Waals surface area contributed by atoms with Crippen LogP contribution < -0.4 is 15.0 Å². The van der Waals surface area contributed by atoms with Gasteiger partial charge in [-0.05, 0) is 31.0 Å². The second kappa shape index (κ2) is 6.41. The third kappa shape index (κ3) is 3.50. The minimum absolute atomic E-state index is 0.0697. The zero-order chi connectivity index (χ0) is 14.5. The Morgan fingerprint density at radius 1 is 1.45 bits per heavy atom. The summed E-state index contributed by atoms with van der Waals surface area (Å²) >= 11 is 0. The molecule has 1 aromatic carbocycles. The van der Waals surface area contributed by atoms with Crippen molar-refractivity contribution >= 4 is 17.6 Å². The molecular formula is C15H20N2O3. The van der Waals surface area contributed by atoms with Gasteiger partial charge in [-0.2, -0.15) is 0 Å². The highest BCUT2D eigenvalue weighted by Gasteiger charge is 2.25. The first-order valence-electron chi connectivity index (χ1n) is 6.93. The van der Waals surface area contributed by atoms with Gasteiger partial charge in [0, 0.05) is 6.54 Å². The predicted molar refractivity (Wildman–Crippen MR) is 76.9 cm³/mol. The van der Waals surface area contributed by atoms with Crippen molar-refractivity contribution in [1.82, 2.24) is 5.32 Å². The molecule has 0 saturated carbocycles. The molecule has 1 aliphatic rings. The number of hydrogen-bond acceptors (Lipinski definition) is 4. The zero-order valence-electron chi connectivity index (χ0n) is 11.9. The van der Waals surface area contributed by atoms with E-state index >= 15 is 0 Å². The molecule has 0 fully saturated rings. The molecule has 0 spiro atoms. The highest BCUT2D eigenvalue weighted by molar-refractivity contribution is 5.89. The van der Waals surface area contributed by atoms with Gasteiger partial charge in [0.2, 0.25) is 5.91 Å². The molecular weight excluding hydrogens is 256 g/mol. The van der Waals surface area contributed by atoms with E-state index in [1.165, 1.54) is 0 Å². The minimum atomic E-state index is -0.329. The Labute approximate surface area is 118 Å². The van der Waals surface area contributed by atoms with Gasteiger partial charge in [0.25, 0.3) is 0 Å². The van der Waals surface area contributed by atoms with Crippen molar-refractivity contribution in [3.63, 3.8) is 0 Å². The fourth-order valence-electron chi connectivity index (χ4n) is 2.14. The largest absolute Gasteiger partial charge is 0.423 e. The van der Waals surface area contributed by atoms with E-state index in [4.69, 9.17) is 4.74 Å². The number of hydrogen-bond donors (Lipinski definition) is 1. The summed E-state index contributed by atoms with van der Waals surface area (Å²) in [4.78, 5) is 25.2. The molecule has 0 bridgehead atoms. The maximum absolute atomic E-state index is 11.9. The van der Waals surface area contributed by atoms with Gasteiger partial charge in [-0.25, -0.2) is 4.79 Å². The highest BCUT2D eigenvalue weighted by Crippen LogP contribution is 2.32. The molecule has 1 N–H and O–H groups in total. The molecule has 0 atom stereocenters. The van der Waals surface area contributed by atoms with Crippen molar-refractivity contribution in [3.8, 4) is 5.75 Å². The summed E-state index contributed by atoms with van der Waals surface area (Å²) in [5, 5.41) is 2.86. The maximum Gasteiger partial charge on any atom is 0.331 e. The lowest BCUT2D eigenvalue weighted by atomic mass is 10.1. The zero-order valence-corrected chi connectivity index (χ0v) is 11.9. The Bertz CT molecular complexity index is 514. The lowest BCUT2D eigenvalue weighted by Gasteiger charge is -2.29. The van der Waals surface area contributed by atoms with E-state index in [1.807, 2.05) is 25.1 Å². The van der Waals surface area contributed by atoms with Crippen molar-refractivity contribution in [2.45, 2.75) is 26.7 Å². The monoisotopic (exact) mass is 276 g/mol. The number of anilines is 1. The summed E-state index contributed by atoms with van der Waals surface area (Å²) in [6.07, 6.45) is 2.00. The molecule has 0 aromatic heterocycles. The molecule has 5 heteroatoms. The molecule has 0 radical (unpaired) electrons. The number of nitrogens with one attached hydrogen (secondary N) is 1. The van der Waals surface area contributed by atoms with E-state index in [0.29, 0.717) is 12.3 Å². The molecule has 1 aliphatic heterocycles. The van der Waals surface area contributed by atoms with Gasteiger partial charge < -0.3 is 15.0 Å². The van der Waals surface area contributed by atoms with E-state index in [1.54, 1.807) is 4.90 Å². The van der Waals surface area contributed by atoms with Crippen molar-refractivity contribution in [2.75, 3.05) is 24.5 Å². The number of ether oxygens (including phenoxy) is 1. The van der Waals surface area contributed by atoms with E-state index in [-0.39, 0.29) is 25.0 Å². The standard InChI is InChI=1S/C15H20N2O3/c1-3-4-7-16-14(18)9-17-10-15(19)20-13-8-11(2)5-6-12(13)17/h5-6,8H,3-4,7,9-10H2,1-2H3,(H,16,18). The Kier molecular flexibility index (Phi) is 4.61. The number of carbonyl (C=O) groups is 2. The summed E-state index contributed by atoms with van der Waals surface area (Å²) < 4.78 is 5.21. The van der Waals surface area contributed by atoms with Gasteiger partial charge in [-0.1, -0.05) is 19.4 Å². The number of fused-ring (bicyclic) bond motifs is 1. The quantitative estimate of drug-likeness (QED) is 0.504. The first-order valence-corrected chi connectivity index (χ1v) is 6.93. The first-order chi connectivity index (χ1) is 9.60. The van der Waals surface area contributed by atoms with Crippen LogP contribution in [0.5, 0.6) is 5.75 Å². The molecule has 1 aromatic rings. The summed E-state index contributed by atoms with van der Waals surface area (Å²) in [6.45, 7) is 4.97. The molecule has 0 saturated heterocycles. The number of nitrogens with zero attached hydrogens (tertiary/aromatic N) is 1. The number of amides is 1. The van der Waals surface area contributed by atoms with Crippen LogP contribution in [0, 0.1) is 6.92 Å². The van der Waals surface area contributed by atoms with Gasteiger partial charge >= 0.3 is 5.97 Å². The average molecular weight is 276 g/mol. The average Bonchev–Trinajstić information content (AvgIpc) is 2.38. The number of rotatable bonds is 5. The summed E-state index contributed by atoms with van der Waals surface area (Å²) in [7, 11) is 0. The van der Waals surface area contributed by atoms with Crippen LogP contribution in [-0.2, 0) is 9.59 Å². The molecule has 108 valence electrons. The van der Waals surface area contributed by atoms with Crippen LogP contribution in [0.25, 0.3) is 0 Å². The van der Waals surface area contributed by atoms with Gasteiger partial charge in [0.15, 0.2) is 5.75 Å². The van der Waals surface area contributed by atoms with Crippen molar-refractivity contribution in [2.24, 2.45) is 0 Å². The number of carbonyl (C=O) groups excluding carboxylic acids is 2. The van der Waals surface area contributed by atoms with Crippen LogP contribution in [-0.4, -0.2) is 31.5 Å². The van der Waals surface area contributed by atoms with E-state index in [9.17, 15) is 9.59 Å². The number of unbranched alkanes of at least 4 members (excludes halogenated alkanes) is 1. The summed E-state index contributed by atoms with van der Waals surface area (Å²) in [5.41, 5.74) is 1.81. The number of aryl methyl sites for hydroxylation is 1. The van der Waals surface area contributed by atoms with Crippen LogP contribution >= 0.6 is 0 Å². The van der Waals surface area contributed by atoms with Gasteiger partial charge in [0.05, 0.1) is 12.2 Å². The Morgan fingerprint density at radius 3 is 3.00 bits per heavy atom. The van der Waals surface area contributed by atoms with Gasteiger partial charge in [-0.3, -0.25) is 4.79 Å². The minimum Gasteiger partial charge on any atom is -0.423 e. The van der Waals surface area contributed by atoms with Crippen LogP contribution in [0.3, 0.4) is 0 Å². The molecule has 5 nitrogen and oxygen atoms in total. The molecule has 2 rings (SSSR count). The van der Waals surface area contributed by atoms with Crippen molar-refractivity contribution in [1.29, 1.82) is 0 Å². The lowest BCUT2D eigenvalue weighted by molar-refractivity contribution is -0.133. The van der Waals surface area contributed by atoms with Crippen LogP contribution in [0.2, 0.25) is 0 Å². The maximum atomic E-state index is 11.9. The van der Waals surface area contributed by atoms with Crippen LogP contribution in [0.4, 0.5) is 5.69 Å². The molecule has 1 heterocycles. The third-order valence-electron chi connectivity index (χ3n) is 3.19. The molecule has 0 aliphatic carbocycles. The smallest absolute Gasteiger partial charge is 0.331 e. The van der Waals surface area contributed by atoms with Gasteiger partial charge in [-0.15, -0.1) is 0 Å². The SMILES string of the molecule is CCCCNC(=O)CN1CC(=O)Oc2cc(C)ccc21. The Balaban J connectivity index is 2.05. The second-order valence-corrected chi connectivity index (χ2v) is 5.00. The molecule has 0 unspecified atom stereocenters. The summed E-state index contributed by atoms with van der Waals surface area (Å²) in [6, 6.07) is 5.64. The van der Waals surface area contributed by atoms with E-state index in [2.05, 4.69) is 12.2 Å². The number of esters is 1. The number of benzene rings is 1. The van der Waals surface area contributed by atoms with Gasteiger partial charge in [0.1, 0.15) is 6.54 Å².